The predicted molar refractivity (Wildman–Crippen MR) is 57.3 cm³/mol. The van der Waals surface area contributed by atoms with Gasteiger partial charge in [-0.2, -0.15) is 0 Å². The number of aliphatic hydroxyl groups is 1. The first-order chi connectivity index (χ1) is 7.56. The smallest absolute Gasteiger partial charge is 0.303 e. The van der Waals surface area contributed by atoms with Gasteiger partial charge in [0.25, 0.3) is 0 Å². The van der Waals surface area contributed by atoms with E-state index < -0.39 is 11.9 Å². The molecule has 0 saturated heterocycles. The first kappa shape index (κ1) is 14.9. The Morgan fingerprint density at radius 1 is 0.875 bits per heavy atom. The summed E-state index contributed by atoms with van der Waals surface area (Å²) in [6.07, 6.45) is 1.23. The molecule has 6 heteroatoms. The number of carbonyl (C=O) groups is 2. The molecule has 3 N–H and O–H groups in total. The Labute approximate surface area is 94.5 Å². The lowest BCUT2D eigenvalue weighted by Crippen LogP contribution is -2.29. The van der Waals surface area contributed by atoms with Crippen LogP contribution in [0.25, 0.3) is 0 Å². The molecule has 94 valence electrons. The third kappa shape index (κ3) is 9.42. The minimum Gasteiger partial charge on any atom is -0.481 e. The van der Waals surface area contributed by atoms with Gasteiger partial charge in [-0.3, -0.25) is 9.59 Å². The van der Waals surface area contributed by atoms with Crippen molar-refractivity contribution in [1.82, 2.24) is 4.90 Å². The second kappa shape index (κ2) is 9.11. The topological polar surface area (TPSA) is 98.1 Å². The Hall–Kier alpha value is -1.14. The maximum atomic E-state index is 10.3. The van der Waals surface area contributed by atoms with Crippen LogP contribution in [0, 0.1) is 0 Å². The Balaban J connectivity index is 3.69. The zero-order valence-electron chi connectivity index (χ0n) is 9.26. The van der Waals surface area contributed by atoms with Crippen LogP contribution in [0.2, 0.25) is 0 Å². The first-order valence-electron chi connectivity index (χ1n) is 5.33. The average Bonchev–Trinajstić information content (AvgIpc) is 2.16. The molecule has 0 aromatic rings. The summed E-state index contributed by atoms with van der Waals surface area (Å²) in [6, 6.07) is 0. The molecule has 0 rings (SSSR count). The summed E-state index contributed by atoms with van der Waals surface area (Å²) < 4.78 is 0. The van der Waals surface area contributed by atoms with Crippen LogP contribution in [0.15, 0.2) is 0 Å². The monoisotopic (exact) mass is 233 g/mol. The number of carboxylic acid groups (broad SMARTS) is 2. The van der Waals surface area contributed by atoms with Crippen molar-refractivity contribution in [1.29, 1.82) is 0 Å². The van der Waals surface area contributed by atoms with Crippen LogP contribution in [0.4, 0.5) is 0 Å². The van der Waals surface area contributed by atoms with Crippen molar-refractivity contribution >= 4 is 11.9 Å². The molecule has 6 nitrogen and oxygen atoms in total. The lowest BCUT2D eigenvalue weighted by molar-refractivity contribution is -0.138. The van der Waals surface area contributed by atoms with Crippen LogP contribution < -0.4 is 0 Å². The highest BCUT2D eigenvalue weighted by molar-refractivity contribution is 5.66. The maximum absolute atomic E-state index is 10.3. The Morgan fingerprint density at radius 3 is 1.62 bits per heavy atom. The van der Waals surface area contributed by atoms with Gasteiger partial charge in [-0.15, -0.1) is 0 Å². The van der Waals surface area contributed by atoms with Crippen molar-refractivity contribution in [2.24, 2.45) is 0 Å². The van der Waals surface area contributed by atoms with Gasteiger partial charge in [0.1, 0.15) is 0 Å². The van der Waals surface area contributed by atoms with Gasteiger partial charge in [0, 0.05) is 19.4 Å². The van der Waals surface area contributed by atoms with E-state index in [0.29, 0.717) is 32.5 Å². The van der Waals surface area contributed by atoms with Crippen molar-refractivity contribution in [2.45, 2.75) is 25.7 Å². The fourth-order valence-electron chi connectivity index (χ4n) is 1.38. The molecule has 0 atom stereocenters. The molecule has 0 saturated carbocycles. The summed E-state index contributed by atoms with van der Waals surface area (Å²) in [5, 5.41) is 25.7. The highest BCUT2D eigenvalue weighted by atomic mass is 16.4. The van der Waals surface area contributed by atoms with E-state index in [4.69, 9.17) is 15.3 Å². The molecule has 0 fully saturated rings. The third-order valence-corrected chi connectivity index (χ3v) is 2.15. The first-order valence-corrected chi connectivity index (χ1v) is 5.33. The summed E-state index contributed by atoms with van der Waals surface area (Å²) in [5.41, 5.74) is 0. The second-order valence-corrected chi connectivity index (χ2v) is 3.56. The van der Waals surface area contributed by atoms with Gasteiger partial charge >= 0.3 is 11.9 Å². The van der Waals surface area contributed by atoms with Gasteiger partial charge in [-0.25, -0.2) is 0 Å². The number of carboxylic acids is 2. The highest BCUT2D eigenvalue weighted by Gasteiger charge is 2.06. The van der Waals surface area contributed by atoms with Crippen LogP contribution in [0.1, 0.15) is 25.7 Å². The molecule has 0 heterocycles. The van der Waals surface area contributed by atoms with Crippen LogP contribution in [0.3, 0.4) is 0 Å². The van der Waals surface area contributed by atoms with Gasteiger partial charge in [-0.1, -0.05) is 0 Å². The van der Waals surface area contributed by atoms with Gasteiger partial charge in [-0.05, 0) is 25.9 Å². The molecular formula is C10H19NO5. The van der Waals surface area contributed by atoms with E-state index in [0.717, 1.165) is 0 Å². The maximum Gasteiger partial charge on any atom is 0.303 e. The molecule has 0 aliphatic carbocycles. The van der Waals surface area contributed by atoms with Gasteiger partial charge in [0.15, 0.2) is 0 Å². The van der Waals surface area contributed by atoms with E-state index in [1.807, 2.05) is 4.90 Å². The number of aliphatic carboxylic acids is 2. The molecule has 0 spiro atoms. The molecule has 0 aromatic heterocycles. The van der Waals surface area contributed by atoms with Gasteiger partial charge in [0.05, 0.1) is 6.61 Å². The number of aliphatic hydroxyl groups excluding tert-OH is 1. The summed E-state index contributed by atoms with van der Waals surface area (Å²) in [6.45, 7) is 1.61. The molecular weight excluding hydrogens is 214 g/mol. The van der Waals surface area contributed by atoms with E-state index in [2.05, 4.69) is 0 Å². The van der Waals surface area contributed by atoms with E-state index in [-0.39, 0.29) is 19.4 Å². The quantitative estimate of drug-likeness (QED) is 0.491. The average molecular weight is 233 g/mol. The van der Waals surface area contributed by atoms with Crippen LogP contribution in [0.5, 0.6) is 0 Å². The lowest BCUT2D eigenvalue weighted by atomic mass is 10.2. The van der Waals surface area contributed by atoms with Crippen molar-refractivity contribution in [3.05, 3.63) is 0 Å². The Bertz CT molecular complexity index is 199. The molecule has 0 unspecified atom stereocenters. The predicted octanol–water partition coefficient (Wildman–Crippen LogP) is 0.0103. The Kier molecular flexibility index (Phi) is 8.46. The summed E-state index contributed by atoms with van der Waals surface area (Å²) in [5.74, 6) is -1.68. The van der Waals surface area contributed by atoms with Gasteiger partial charge in [0.2, 0.25) is 0 Å². The second-order valence-electron chi connectivity index (χ2n) is 3.56. The minimum absolute atomic E-state index is 0.000142. The van der Waals surface area contributed by atoms with E-state index in [1.54, 1.807) is 0 Å². The van der Waals surface area contributed by atoms with Crippen LogP contribution >= 0.6 is 0 Å². The van der Waals surface area contributed by atoms with Crippen LogP contribution in [-0.2, 0) is 9.59 Å². The zero-order valence-corrected chi connectivity index (χ0v) is 9.26. The minimum atomic E-state index is -0.838. The fraction of sp³-hybridized carbons (Fsp3) is 0.800. The normalized spacial score (nSPS) is 10.6. The fourth-order valence-corrected chi connectivity index (χ4v) is 1.38. The summed E-state index contributed by atoms with van der Waals surface area (Å²) in [4.78, 5) is 22.5. The van der Waals surface area contributed by atoms with Gasteiger partial charge < -0.3 is 20.2 Å². The molecule has 0 bridgehead atoms. The third-order valence-electron chi connectivity index (χ3n) is 2.15. The molecule has 0 amide bonds. The largest absolute Gasteiger partial charge is 0.481 e. The molecule has 0 radical (unpaired) electrons. The van der Waals surface area contributed by atoms with Crippen LogP contribution in [-0.4, -0.2) is 58.4 Å². The van der Waals surface area contributed by atoms with E-state index >= 15 is 0 Å². The standard InChI is InChI=1S/C10H19NO5/c12-8-7-11(5-1-3-9(13)14)6-2-4-10(15)16/h12H,1-8H2,(H,13,14)(H,15,16). The van der Waals surface area contributed by atoms with Crippen molar-refractivity contribution in [2.75, 3.05) is 26.2 Å². The molecule has 0 aliphatic rings. The number of nitrogens with zero attached hydrogens (tertiary/aromatic N) is 1. The molecule has 16 heavy (non-hydrogen) atoms. The van der Waals surface area contributed by atoms with Crippen molar-refractivity contribution in [3.63, 3.8) is 0 Å². The zero-order chi connectivity index (χ0) is 12.4. The number of hydrogen-bond donors (Lipinski definition) is 3. The highest BCUT2D eigenvalue weighted by Crippen LogP contribution is 1.99. The van der Waals surface area contributed by atoms with E-state index in [9.17, 15) is 9.59 Å². The van der Waals surface area contributed by atoms with Crippen molar-refractivity contribution < 1.29 is 24.9 Å². The summed E-state index contributed by atoms with van der Waals surface area (Å²) >= 11 is 0. The number of hydrogen-bond acceptors (Lipinski definition) is 4. The Morgan fingerprint density at radius 2 is 1.31 bits per heavy atom. The lowest BCUT2D eigenvalue weighted by Gasteiger charge is -2.20. The van der Waals surface area contributed by atoms with Crippen molar-refractivity contribution in [3.8, 4) is 0 Å². The molecule has 0 aromatic carbocycles. The van der Waals surface area contributed by atoms with E-state index in [1.165, 1.54) is 0 Å². The molecule has 0 aliphatic heterocycles. The summed E-state index contributed by atoms with van der Waals surface area (Å²) in [7, 11) is 0. The SMILES string of the molecule is O=C(O)CCCN(CCO)CCCC(=O)O. The number of rotatable bonds is 10.